The van der Waals surface area contributed by atoms with Crippen molar-refractivity contribution in [1.82, 2.24) is 5.32 Å². The van der Waals surface area contributed by atoms with Crippen LogP contribution in [-0.4, -0.2) is 13.1 Å². The molecule has 0 aromatic heterocycles. The van der Waals surface area contributed by atoms with Crippen LogP contribution >= 0.6 is 0 Å². The van der Waals surface area contributed by atoms with Crippen LogP contribution in [0.4, 0.5) is 0 Å². The maximum Gasteiger partial charge on any atom is 0.00206 e. The second-order valence-corrected chi connectivity index (χ2v) is 3.09. The van der Waals surface area contributed by atoms with Gasteiger partial charge in [-0.1, -0.05) is 30.9 Å². The van der Waals surface area contributed by atoms with Crippen molar-refractivity contribution in [2.45, 2.75) is 13.3 Å². The highest BCUT2D eigenvalue weighted by atomic mass is 14.9. The van der Waals surface area contributed by atoms with Crippen molar-refractivity contribution in [3.05, 3.63) is 36.5 Å². The van der Waals surface area contributed by atoms with E-state index in [1.807, 2.05) is 19.1 Å². The molecule has 1 fully saturated rings. The zero-order valence-corrected chi connectivity index (χ0v) is 7.72. The van der Waals surface area contributed by atoms with Crippen LogP contribution in [0.5, 0.6) is 0 Å². The van der Waals surface area contributed by atoms with E-state index in [0.717, 1.165) is 13.1 Å². The van der Waals surface area contributed by atoms with Gasteiger partial charge < -0.3 is 5.32 Å². The number of hydrogen-bond acceptors (Lipinski definition) is 1. The predicted octanol–water partition coefficient (Wildman–Crippen LogP) is 2.28. The Kier molecular flexibility index (Phi) is 3.81. The summed E-state index contributed by atoms with van der Waals surface area (Å²) in [7, 11) is 0. The topological polar surface area (TPSA) is 12.0 Å². The molecule has 1 nitrogen and oxygen atoms in total. The van der Waals surface area contributed by atoms with Gasteiger partial charge in [-0.05, 0) is 31.4 Å². The van der Waals surface area contributed by atoms with E-state index in [9.17, 15) is 0 Å². The minimum atomic E-state index is 0.679. The van der Waals surface area contributed by atoms with Gasteiger partial charge in [-0.15, -0.1) is 0 Å². The lowest BCUT2D eigenvalue weighted by Gasteiger charge is -2.07. The summed E-state index contributed by atoms with van der Waals surface area (Å²) in [6, 6.07) is 0. The van der Waals surface area contributed by atoms with Crippen LogP contribution in [0.3, 0.4) is 0 Å². The summed E-state index contributed by atoms with van der Waals surface area (Å²) in [5, 5.41) is 3.35. The zero-order valence-electron chi connectivity index (χ0n) is 7.72. The minimum absolute atomic E-state index is 0.679. The highest BCUT2D eigenvalue weighted by molar-refractivity contribution is 5.25. The maximum atomic E-state index is 3.83. The first kappa shape index (κ1) is 9.27. The molecular formula is C11H17N. The number of hydrogen-bond donors (Lipinski definition) is 1. The first-order chi connectivity index (χ1) is 5.88. The molecule has 0 bridgehead atoms. The summed E-state index contributed by atoms with van der Waals surface area (Å²) >= 11 is 0. The molecule has 1 saturated heterocycles. The molecule has 1 heteroatoms. The van der Waals surface area contributed by atoms with E-state index in [2.05, 4.69) is 24.0 Å². The lowest BCUT2D eigenvalue weighted by molar-refractivity contribution is 0.698. The molecule has 0 amide bonds. The monoisotopic (exact) mass is 163 g/mol. The second kappa shape index (κ2) is 4.94. The molecule has 0 aromatic rings. The maximum absolute atomic E-state index is 3.83. The molecule has 1 rings (SSSR count). The Morgan fingerprint density at radius 1 is 1.58 bits per heavy atom. The van der Waals surface area contributed by atoms with Gasteiger partial charge in [-0.25, -0.2) is 0 Å². The Balaban J connectivity index is 2.59. The molecule has 0 aromatic carbocycles. The third-order valence-electron chi connectivity index (χ3n) is 2.25. The van der Waals surface area contributed by atoms with Gasteiger partial charge in [-0.3, -0.25) is 0 Å². The lowest BCUT2D eigenvalue weighted by atomic mass is 9.98. The van der Waals surface area contributed by atoms with Crippen LogP contribution in [0.1, 0.15) is 13.3 Å². The highest BCUT2D eigenvalue weighted by Gasteiger charge is 2.15. The molecule has 0 saturated carbocycles. The number of allylic oxidation sites excluding steroid dienone is 4. The molecule has 1 unspecified atom stereocenters. The van der Waals surface area contributed by atoms with Gasteiger partial charge in [0.15, 0.2) is 0 Å². The lowest BCUT2D eigenvalue weighted by Crippen LogP contribution is -2.09. The van der Waals surface area contributed by atoms with Gasteiger partial charge in [0, 0.05) is 6.54 Å². The summed E-state index contributed by atoms with van der Waals surface area (Å²) in [6.07, 6.45) is 9.50. The Labute approximate surface area is 74.9 Å². The van der Waals surface area contributed by atoms with Crippen molar-refractivity contribution >= 4 is 0 Å². The summed E-state index contributed by atoms with van der Waals surface area (Å²) < 4.78 is 0. The standard InChI is InChI=1S/C11H17N/c1-3-5-6-10(4-2)11-7-8-12-9-11/h3-6,11-12H,2,7-9H2,1H3/b5-3-,10-6+. The molecule has 0 spiro atoms. The van der Waals surface area contributed by atoms with Crippen LogP contribution in [0, 0.1) is 5.92 Å². The van der Waals surface area contributed by atoms with Crippen molar-refractivity contribution in [2.75, 3.05) is 13.1 Å². The quantitative estimate of drug-likeness (QED) is 0.629. The van der Waals surface area contributed by atoms with Gasteiger partial charge in [-0.2, -0.15) is 0 Å². The Morgan fingerprint density at radius 2 is 2.42 bits per heavy atom. The van der Waals surface area contributed by atoms with Gasteiger partial charge in [0.1, 0.15) is 0 Å². The van der Waals surface area contributed by atoms with Gasteiger partial charge >= 0.3 is 0 Å². The summed E-state index contributed by atoms with van der Waals surface area (Å²) in [5.74, 6) is 0.679. The average molecular weight is 163 g/mol. The first-order valence-corrected chi connectivity index (χ1v) is 4.54. The first-order valence-electron chi connectivity index (χ1n) is 4.54. The molecule has 0 aliphatic carbocycles. The van der Waals surface area contributed by atoms with E-state index < -0.39 is 0 Å². The molecule has 1 aliphatic heterocycles. The molecule has 1 N–H and O–H groups in total. The van der Waals surface area contributed by atoms with Gasteiger partial charge in [0.05, 0.1) is 0 Å². The van der Waals surface area contributed by atoms with E-state index in [1.54, 1.807) is 0 Å². The highest BCUT2D eigenvalue weighted by Crippen LogP contribution is 2.18. The smallest absolute Gasteiger partial charge is 0.00206 e. The summed E-state index contributed by atoms with van der Waals surface area (Å²) in [6.45, 7) is 8.11. The van der Waals surface area contributed by atoms with E-state index >= 15 is 0 Å². The summed E-state index contributed by atoms with van der Waals surface area (Å²) in [5.41, 5.74) is 1.36. The molecule has 1 aliphatic rings. The van der Waals surface area contributed by atoms with Crippen molar-refractivity contribution in [3.8, 4) is 0 Å². The molecule has 1 heterocycles. The van der Waals surface area contributed by atoms with Gasteiger partial charge in [0.25, 0.3) is 0 Å². The Bertz CT molecular complexity index is 195. The normalized spacial score (nSPS) is 25.1. The van der Waals surface area contributed by atoms with Crippen molar-refractivity contribution in [1.29, 1.82) is 0 Å². The van der Waals surface area contributed by atoms with Crippen molar-refractivity contribution in [3.63, 3.8) is 0 Å². The van der Waals surface area contributed by atoms with E-state index in [1.165, 1.54) is 12.0 Å². The SMILES string of the molecule is C=C/C(=C\C=C/C)C1CCNC1. The molecular weight excluding hydrogens is 146 g/mol. The number of rotatable bonds is 3. The molecule has 1 atom stereocenters. The van der Waals surface area contributed by atoms with E-state index in [4.69, 9.17) is 0 Å². The van der Waals surface area contributed by atoms with E-state index in [0.29, 0.717) is 5.92 Å². The minimum Gasteiger partial charge on any atom is -0.316 e. The largest absolute Gasteiger partial charge is 0.316 e. The molecule has 66 valence electrons. The molecule has 0 radical (unpaired) electrons. The third-order valence-corrected chi connectivity index (χ3v) is 2.25. The van der Waals surface area contributed by atoms with Crippen LogP contribution in [-0.2, 0) is 0 Å². The van der Waals surface area contributed by atoms with Crippen molar-refractivity contribution < 1.29 is 0 Å². The third kappa shape index (κ3) is 2.35. The van der Waals surface area contributed by atoms with E-state index in [-0.39, 0.29) is 0 Å². The Morgan fingerprint density at radius 3 is 2.92 bits per heavy atom. The van der Waals surface area contributed by atoms with Crippen LogP contribution in [0.25, 0.3) is 0 Å². The molecule has 12 heavy (non-hydrogen) atoms. The number of nitrogens with one attached hydrogen (secondary N) is 1. The predicted molar refractivity (Wildman–Crippen MR) is 54.1 cm³/mol. The average Bonchev–Trinajstić information content (AvgIpc) is 2.59. The second-order valence-electron chi connectivity index (χ2n) is 3.09. The fourth-order valence-electron chi connectivity index (χ4n) is 1.52. The fraction of sp³-hybridized carbons (Fsp3) is 0.455. The fourth-order valence-corrected chi connectivity index (χ4v) is 1.52. The Hall–Kier alpha value is -0.820. The summed E-state index contributed by atoms with van der Waals surface area (Å²) in [4.78, 5) is 0. The zero-order chi connectivity index (χ0) is 8.81. The van der Waals surface area contributed by atoms with Crippen LogP contribution in [0.15, 0.2) is 36.5 Å². The van der Waals surface area contributed by atoms with Crippen LogP contribution < -0.4 is 5.32 Å². The van der Waals surface area contributed by atoms with Crippen LogP contribution in [0.2, 0.25) is 0 Å². The van der Waals surface area contributed by atoms with Gasteiger partial charge in [0.2, 0.25) is 0 Å². The van der Waals surface area contributed by atoms with Crippen molar-refractivity contribution in [2.24, 2.45) is 5.92 Å².